The number of rotatable bonds is 6. The third-order valence-electron chi connectivity index (χ3n) is 4.83. The van der Waals surface area contributed by atoms with Crippen molar-refractivity contribution in [3.8, 4) is 5.88 Å². The molecule has 2 aromatic carbocycles. The van der Waals surface area contributed by atoms with Crippen LogP contribution in [-0.2, 0) is 19.9 Å². The predicted molar refractivity (Wildman–Crippen MR) is 121 cm³/mol. The van der Waals surface area contributed by atoms with Crippen LogP contribution in [0.1, 0.15) is 29.3 Å². The van der Waals surface area contributed by atoms with Crippen LogP contribution in [0.3, 0.4) is 0 Å². The molecule has 28 heavy (non-hydrogen) atoms. The van der Waals surface area contributed by atoms with Crippen molar-refractivity contribution >= 4 is 34.0 Å². The minimum absolute atomic E-state index is 0.255. The van der Waals surface area contributed by atoms with Gasteiger partial charge in [-0.05, 0) is 78.3 Å². The lowest BCUT2D eigenvalue weighted by Crippen LogP contribution is -2.34. The van der Waals surface area contributed by atoms with Gasteiger partial charge in [-0.3, -0.25) is 0 Å². The molecule has 0 saturated carbocycles. The van der Waals surface area contributed by atoms with Crippen molar-refractivity contribution in [3.05, 3.63) is 80.6 Å². The van der Waals surface area contributed by atoms with Gasteiger partial charge in [0.25, 0.3) is 0 Å². The zero-order valence-corrected chi connectivity index (χ0v) is 18.6. The summed E-state index contributed by atoms with van der Waals surface area (Å²) < 4.78 is 3.04. The van der Waals surface area contributed by atoms with Crippen molar-refractivity contribution in [2.24, 2.45) is 7.05 Å². The summed E-state index contributed by atoms with van der Waals surface area (Å²) in [6.45, 7) is 3.70. The lowest BCUT2D eigenvalue weighted by molar-refractivity contribution is -0.685. The summed E-state index contributed by atoms with van der Waals surface area (Å²) in [7, 11) is 1.89. The number of aliphatic hydroxyl groups excluding tert-OH is 1. The molecule has 3 N–H and O–H groups in total. The molecular formula is C23H26IN2O2+. The first-order valence-electron chi connectivity index (χ1n) is 9.33. The molecule has 1 atom stereocenters. The Morgan fingerprint density at radius 3 is 2.46 bits per heavy atom. The van der Waals surface area contributed by atoms with E-state index in [0.29, 0.717) is 6.42 Å². The molecule has 3 aromatic rings. The van der Waals surface area contributed by atoms with E-state index in [0.717, 1.165) is 34.6 Å². The standard InChI is InChI=1S/C23H25IN2O2/c1-15(27)11-18-5-4-6-20(12-18)25-22-14-21(26(3)23(28)16(22)2)13-17-7-9-19(24)10-8-17/h4-10,12,14-15,27H,11,13H2,1-3H3,(H,25,28)/p+1. The topological polar surface area (TPSA) is 56.4 Å². The lowest BCUT2D eigenvalue weighted by atomic mass is 10.1. The Morgan fingerprint density at radius 1 is 1.07 bits per heavy atom. The number of halogens is 1. The number of nitrogens with one attached hydrogen (secondary N) is 1. The fourth-order valence-electron chi connectivity index (χ4n) is 3.26. The number of aromatic nitrogens is 1. The smallest absolute Gasteiger partial charge is 0.370 e. The summed E-state index contributed by atoms with van der Waals surface area (Å²) in [5.41, 5.74) is 5.91. The molecule has 1 heterocycles. The fourth-order valence-corrected chi connectivity index (χ4v) is 3.62. The van der Waals surface area contributed by atoms with E-state index in [-0.39, 0.29) is 12.0 Å². The first kappa shape index (κ1) is 20.6. The number of benzene rings is 2. The van der Waals surface area contributed by atoms with Gasteiger partial charge in [0.2, 0.25) is 0 Å². The van der Waals surface area contributed by atoms with E-state index in [1.54, 1.807) is 6.92 Å². The highest BCUT2D eigenvalue weighted by molar-refractivity contribution is 14.1. The Hall–Kier alpha value is -2.12. The van der Waals surface area contributed by atoms with Crippen LogP contribution in [0.2, 0.25) is 0 Å². The number of pyridine rings is 1. The molecule has 0 saturated heterocycles. The molecule has 0 aliphatic heterocycles. The van der Waals surface area contributed by atoms with Crippen molar-refractivity contribution < 1.29 is 14.8 Å². The molecule has 0 amide bonds. The van der Waals surface area contributed by atoms with E-state index in [1.165, 1.54) is 9.13 Å². The maximum absolute atomic E-state index is 10.6. The second kappa shape index (κ2) is 8.92. The van der Waals surface area contributed by atoms with E-state index >= 15 is 0 Å². The van der Waals surface area contributed by atoms with Crippen LogP contribution in [0, 0.1) is 10.5 Å². The molecule has 4 nitrogen and oxygen atoms in total. The van der Waals surface area contributed by atoms with Crippen molar-refractivity contribution in [1.82, 2.24) is 0 Å². The number of anilines is 2. The summed E-state index contributed by atoms with van der Waals surface area (Å²) in [6.07, 6.45) is 0.969. The minimum atomic E-state index is -0.377. The molecule has 1 unspecified atom stereocenters. The molecule has 0 bridgehead atoms. The molecule has 1 aromatic heterocycles. The fraction of sp³-hybridized carbons (Fsp3) is 0.261. The van der Waals surface area contributed by atoms with Gasteiger partial charge >= 0.3 is 5.88 Å². The van der Waals surface area contributed by atoms with Crippen LogP contribution < -0.4 is 9.88 Å². The third kappa shape index (κ3) is 5.02. The normalized spacial score (nSPS) is 12.0. The van der Waals surface area contributed by atoms with Gasteiger partial charge in [-0.25, -0.2) is 0 Å². The summed E-state index contributed by atoms with van der Waals surface area (Å²) in [6, 6.07) is 18.5. The summed E-state index contributed by atoms with van der Waals surface area (Å²) in [4.78, 5) is 0. The van der Waals surface area contributed by atoms with Crippen LogP contribution in [0.5, 0.6) is 5.88 Å². The molecule has 0 aliphatic rings. The summed E-state index contributed by atoms with van der Waals surface area (Å²) >= 11 is 2.30. The molecule has 0 fully saturated rings. The van der Waals surface area contributed by atoms with Crippen molar-refractivity contribution in [2.45, 2.75) is 32.8 Å². The number of hydrogen-bond donors (Lipinski definition) is 3. The maximum atomic E-state index is 10.6. The highest BCUT2D eigenvalue weighted by Crippen LogP contribution is 2.27. The Balaban J connectivity index is 1.91. The van der Waals surface area contributed by atoms with Gasteiger partial charge in [-0.2, -0.15) is 4.57 Å². The first-order valence-corrected chi connectivity index (χ1v) is 10.4. The van der Waals surface area contributed by atoms with Crippen LogP contribution in [0.15, 0.2) is 54.6 Å². The first-order chi connectivity index (χ1) is 13.3. The quantitative estimate of drug-likeness (QED) is 0.356. The largest absolute Gasteiger partial charge is 0.460 e. The van der Waals surface area contributed by atoms with Crippen molar-refractivity contribution in [3.63, 3.8) is 0 Å². The van der Waals surface area contributed by atoms with Gasteiger partial charge in [0.1, 0.15) is 7.05 Å². The summed E-state index contributed by atoms with van der Waals surface area (Å²) in [5, 5.41) is 23.7. The van der Waals surface area contributed by atoms with Gasteiger partial charge in [0.15, 0.2) is 5.69 Å². The Morgan fingerprint density at radius 2 is 1.79 bits per heavy atom. The SMILES string of the molecule is Cc1c(Nc2cccc(CC(C)O)c2)cc(Cc2ccc(I)cc2)[n+](C)c1O. The second-order valence-corrected chi connectivity index (χ2v) is 8.48. The summed E-state index contributed by atoms with van der Waals surface area (Å²) in [5.74, 6) is 0.255. The average Bonchev–Trinajstić information content (AvgIpc) is 2.65. The Labute approximate surface area is 180 Å². The van der Waals surface area contributed by atoms with Gasteiger partial charge in [-0.1, -0.05) is 24.3 Å². The highest BCUT2D eigenvalue weighted by atomic mass is 127. The zero-order valence-electron chi connectivity index (χ0n) is 16.4. The van der Waals surface area contributed by atoms with Gasteiger partial charge in [0.05, 0.1) is 23.8 Å². The Bertz CT molecular complexity index is 969. The lowest BCUT2D eigenvalue weighted by Gasteiger charge is -2.13. The van der Waals surface area contributed by atoms with E-state index < -0.39 is 0 Å². The monoisotopic (exact) mass is 489 g/mol. The Kier molecular flexibility index (Phi) is 6.57. The predicted octanol–water partition coefficient (Wildman–Crippen LogP) is 4.39. The average molecular weight is 489 g/mol. The second-order valence-electron chi connectivity index (χ2n) is 7.24. The van der Waals surface area contributed by atoms with Crippen molar-refractivity contribution in [2.75, 3.05) is 5.32 Å². The van der Waals surface area contributed by atoms with Gasteiger partial charge in [0, 0.05) is 15.3 Å². The molecule has 0 spiro atoms. The number of hydrogen-bond acceptors (Lipinski definition) is 3. The minimum Gasteiger partial charge on any atom is -0.460 e. The number of nitrogens with zero attached hydrogens (tertiary/aromatic N) is 1. The van der Waals surface area contributed by atoms with E-state index in [9.17, 15) is 10.2 Å². The molecule has 3 rings (SSSR count). The van der Waals surface area contributed by atoms with Crippen LogP contribution in [-0.4, -0.2) is 16.3 Å². The van der Waals surface area contributed by atoms with Crippen molar-refractivity contribution in [1.29, 1.82) is 0 Å². The van der Waals surface area contributed by atoms with Gasteiger partial charge in [-0.15, -0.1) is 0 Å². The van der Waals surface area contributed by atoms with Crippen LogP contribution in [0.25, 0.3) is 0 Å². The highest BCUT2D eigenvalue weighted by Gasteiger charge is 2.20. The third-order valence-corrected chi connectivity index (χ3v) is 5.55. The molecular weight excluding hydrogens is 463 g/mol. The molecule has 0 aliphatic carbocycles. The van der Waals surface area contributed by atoms with E-state index in [4.69, 9.17) is 0 Å². The van der Waals surface area contributed by atoms with E-state index in [2.05, 4.69) is 58.2 Å². The zero-order chi connectivity index (χ0) is 20.3. The maximum Gasteiger partial charge on any atom is 0.370 e. The number of aliphatic hydroxyl groups is 1. The molecule has 146 valence electrons. The van der Waals surface area contributed by atoms with E-state index in [1.807, 2.05) is 42.8 Å². The van der Waals surface area contributed by atoms with Gasteiger partial charge < -0.3 is 15.5 Å². The van der Waals surface area contributed by atoms with Crippen LogP contribution in [0.4, 0.5) is 11.4 Å². The molecule has 5 heteroatoms. The number of aromatic hydroxyl groups is 1. The molecule has 0 radical (unpaired) electrons. The van der Waals surface area contributed by atoms with Crippen LogP contribution >= 0.6 is 22.6 Å².